The highest BCUT2D eigenvalue weighted by Gasteiger charge is 2.33. The minimum atomic E-state index is -3.68. The van der Waals surface area contributed by atoms with Gasteiger partial charge in [0.2, 0.25) is 10.0 Å². The molecule has 4 heterocycles. The van der Waals surface area contributed by atoms with Crippen LogP contribution in [0.15, 0.2) is 98.3 Å². The van der Waals surface area contributed by atoms with Gasteiger partial charge in [0, 0.05) is 48.4 Å². The molecule has 1 saturated heterocycles. The van der Waals surface area contributed by atoms with Gasteiger partial charge in [-0.1, -0.05) is 71.9 Å². The quantitative estimate of drug-likeness (QED) is 0.0612. The third-order valence-corrected chi connectivity index (χ3v) is 12.2. The van der Waals surface area contributed by atoms with Gasteiger partial charge >= 0.3 is 5.69 Å². The van der Waals surface area contributed by atoms with Crippen molar-refractivity contribution in [1.29, 1.82) is 0 Å². The van der Waals surface area contributed by atoms with Crippen LogP contribution in [0.3, 0.4) is 0 Å². The molecule has 0 bridgehead atoms. The molecule has 1 fully saturated rings. The molecule has 0 radical (unpaired) electrons. The molecule has 314 valence electrons. The molecule has 7 rings (SSSR count). The number of H-pyrrole nitrogens is 1. The maximum Gasteiger partial charge on any atom is 0.354 e. The Morgan fingerprint density at radius 2 is 1.64 bits per heavy atom. The first-order valence-corrected chi connectivity index (χ1v) is 21.5. The van der Waals surface area contributed by atoms with E-state index in [1.54, 1.807) is 14.9 Å². The van der Waals surface area contributed by atoms with Crippen LogP contribution in [0.2, 0.25) is 0 Å². The molecule has 0 amide bonds. The summed E-state index contributed by atoms with van der Waals surface area (Å²) in [5, 5.41) is 15.3. The number of aromatic amines is 1. The Hall–Kier alpha value is -5.42. The lowest BCUT2D eigenvalue weighted by atomic mass is 9.87. The smallest absolute Gasteiger partial charge is 0.354 e. The monoisotopic (exact) mass is 823 g/mol. The van der Waals surface area contributed by atoms with Gasteiger partial charge in [-0.3, -0.25) is 9.56 Å². The molecule has 7 N–H and O–H groups in total. The molecule has 1 aliphatic heterocycles. The number of aromatic nitrogens is 5. The molecule has 15 nitrogen and oxygen atoms in total. The predicted molar refractivity (Wildman–Crippen MR) is 233 cm³/mol. The van der Waals surface area contributed by atoms with Crippen molar-refractivity contribution in [1.82, 2.24) is 39.8 Å². The van der Waals surface area contributed by atoms with Crippen LogP contribution in [0.4, 0.5) is 0 Å². The number of nitrogens with one attached hydrogen (secondary N) is 3. The number of aliphatic imine (C=N–C) groups is 1. The zero-order chi connectivity index (χ0) is 42.4. The Balaban J connectivity index is 0.000000199. The van der Waals surface area contributed by atoms with E-state index in [4.69, 9.17) is 16.1 Å². The second kappa shape index (κ2) is 18.2. The molecule has 16 heteroatoms. The van der Waals surface area contributed by atoms with Gasteiger partial charge in [-0.2, -0.15) is 9.29 Å². The molecule has 6 aromatic rings. The van der Waals surface area contributed by atoms with E-state index in [-0.39, 0.29) is 35.1 Å². The van der Waals surface area contributed by atoms with Gasteiger partial charge < -0.3 is 27.1 Å². The van der Waals surface area contributed by atoms with Gasteiger partial charge in [-0.25, -0.2) is 17.8 Å². The lowest BCUT2D eigenvalue weighted by molar-refractivity contribution is 0.256. The fourth-order valence-electron chi connectivity index (χ4n) is 6.87. The number of benzene rings is 3. The summed E-state index contributed by atoms with van der Waals surface area (Å²) in [6, 6.07) is 22.8. The molecule has 0 aliphatic carbocycles. The van der Waals surface area contributed by atoms with E-state index >= 15 is 0 Å². The lowest BCUT2D eigenvalue weighted by Gasteiger charge is -2.34. The Morgan fingerprint density at radius 1 is 0.932 bits per heavy atom. The third kappa shape index (κ3) is 11.0. The maximum absolute atomic E-state index is 13.8. The minimum absolute atomic E-state index is 0.0352. The Labute approximate surface area is 345 Å². The van der Waals surface area contributed by atoms with Gasteiger partial charge in [-0.05, 0) is 114 Å². The molecule has 3 aromatic carbocycles. The van der Waals surface area contributed by atoms with Crippen molar-refractivity contribution in [3.8, 4) is 5.69 Å². The van der Waals surface area contributed by atoms with Crippen LogP contribution in [-0.4, -0.2) is 75.8 Å². The molecule has 1 aliphatic rings. The standard InChI is InChI=1S/C22H28N4O3S.C21H29N7O/c1-22(2,3)17-5-4-6-19(14-17)30(27,28)26(18-9-11-23-12-10-18)15-16-7-8-20-21(13-16)25-29-24-20;1-21(2,3)17-11-15-13-28(20(29)27-18(15)26-17)16-7-5-14(6-8-16)12-24-9-4-10-25-19(22)23/h4-8,13-14,18,23H,9-12,15H2,1-3H3;5-8,11,13,24H,4,9-10,12H2,1-3H3,(H4,22,23,25)(H,26,27,29). The molecular formula is C43H57N11O4S. The van der Waals surface area contributed by atoms with Crippen molar-refractivity contribution in [2.24, 2.45) is 16.5 Å². The number of piperidine rings is 1. The van der Waals surface area contributed by atoms with Crippen molar-refractivity contribution in [3.63, 3.8) is 0 Å². The zero-order valence-electron chi connectivity index (χ0n) is 34.8. The topological polar surface area (TPSA) is 215 Å². The number of nitrogens with zero attached hydrogens (tertiary/aromatic N) is 6. The van der Waals surface area contributed by atoms with Crippen LogP contribution >= 0.6 is 0 Å². The van der Waals surface area contributed by atoms with Crippen LogP contribution in [0.1, 0.15) is 83.2 Å². The SMILES string of the molecule is CC(C)(C)c1cc2cn(-c3ccc(CNCCCN=C(N)N)cc3)c(=O)nc2[nH]1.CC(C)(C)c1cccc(S(=O)(=O)N(Cc2ccc3nonc3c2)C2CCNCC2)c1. The van der Waals surface area contributed by atoms with E-state index in [1.165, 1.54) is 0 Å². The van der Waals surface area contributed by atoms with Crippen molar-refractivity contribution < 1.29 is 13.0 Å². The molecular weight excluding hydrogens is 767 g/mol. The zero-order valence-corrected chi connectivity index (χ0v) is 35.6. The molecule has 3 aromatic heterocycles. The van der Waals surface area contributed by atoms with Crippen LogP contribution in [0.5, 0.6) is 0 Å². The first kappa shape index (κ1) is 43.2. The van der Waals surface area contributed by atoms with E-state index in [9.17, 15) is 13.2 Å². The number of rotatable bonds is 12. The van der Waals surface area contributed by atoms with Crippen LogP contribution < -0.4 is 27.8 Å². The van der Waals surface area contributed by atoms with Gasteiger partial charge in [0.15, 0.2) is 5.96 Å². The van der Waals surface area contributed by atoms with Gasteiger partial charge in [0.1, 0.15) is 16.7 Å². The van der Waals surface area contributed by atoms with E-state index < -0.39 is 10.0 Å². The second-order valence-electron chi connectivity index (χ2n) is 17.0. The number of nitrogens with two attached hydrogens (primary N) is 2. The molecule has 0 atom stereocenters. The lowest BCUT2D eigenvalue weighted by Crippen LogP contribution is -2.45. The summed E-state index contributed by atoms with van der Waals surface area (Å²) in [6.45, 7) is 16.7. The van der Waals surface area contributed by atoms with E-state index in [0.29, 0.717) is 28.1 Å². The van der Waals surface area contributed by atoms with Crippen LogP contribution in [0.25, 0.3) is 27.8 Å². The third-order valence-electron chi connectivity index (χ3n) is 10.3. The minimum Gasteiger partial charge on any atom is -0.370 e. The first-order chi connectivity index (χ1) is 28.0. The Kier molecular flexibility index (Phi) is 13.3. The van der Waals surface area contributed by atoms with E-state index in [1.807, 2.05) is 66.9 Å². The van der Waals surface area contributed by atoms with Crippen molar-refractivity contribution in [2.75, 3.05) is 26.2 Å². The summed E-state index contributed by atoms with van der Waals surface area (Å²) in [6.07, 6.45) is 4.27. The summed E-state index contributed by atoms with van der Waals surface area (Å²) in [4.78, 5) is 24.2. The molecule has 59 heavy (non-hydrogen) atoms. The summed E-state index contributed by atoms with van der Waals surface area (Å²) in [5.74, 6) is 0.123. The van der Waals surface area contributed by atoms with Crippen LogP contribution in [-0.2, 0) is 33.9 Å². The predicted octanol–water partition coefficient (Wildman–Crippen LogP) is 5.23. The van der Waals surface area contributed by atoms with Crippen molar-refractivity contribution in [2.45, 2.75) is 95.7 Å². The average Bonchev–Trinajstić information content (AvgIpc) is 3.85. The summed E-state index contributed by atoms with van der Waals surface area (Å²) in [5.41, 5.74) is 16.9. The van der Waals surface area contributed by atoms with Crippen LogP contribution in [0, 0.1) is 0 Å². The summed E-state index contributed by atoms with van der Waals surface area (Å²) in [7, 11) is -3.68. The number of hydrogen-bond donors (Lipinski definition) is 5. The highest BCUT2D eigenvalue weighted by molar-refractivity contribution is 7.89. The van der Waals surface area contributed by atoms with E-state index in [2.05, 4.69) is 83.5 Å². The van der Waals surface area contributed by atoms with Gasteiger partial charge in [0.25, 0.3) is 0 Å². The number of sulfonamides is 1. The Morgan fingerprint density at radius 3 is 2.34 bits per heavy atom. The average molecular weight is 824 g/mol. The summed E-state index contributed by atoms with van der Waals surface area (Å²) < 4.78 is 35.6. The summed E-state index contributed by atoms with van der Waals surface area (Å²) >= 11 is 0. The Bertz CT molecular complexity index is 2540. The molecule has 0 saturated carbocycles. The van der Waals surface area contributed by atoms with Crippen molar-refractivity contribution in [3.05, 3.63) is 112 Å². The first-order valence-electron chi connectivity index (χ1n) is 20.0. The largest absolute Gasteiger partial charge is 0.370 e. The molecule has 0 unspecified atom stereocenters. The van der Waals surface area contributed by atoms with Gasteiger partial charge in [0.05, 0.1) is 10.6 Å². The molecule has 0 spiro atoms. The fraction of sp³-hybridized carbons (Fsp3) is 0.419. The fourth-order valence-corrected chi connectivity index (χ4v) is 8.59. The second-order valence-corrected chi connectivity index (χ2v) is 18.9. The number of guanidine groups is 1. The van der Waals surface area contributed by atoms with Gasteiger partial charge in [-0.15, -0.1) is 0 Å². The maximum atomic E-state index is 13.8. The normalized spacial score (nSPS) is 14.1. The number of hydrogen-bond acceptors (Lipinski definition) is 10. The van der Waals surface area contributed by atoms with E-state index in [0.717, 1.165) is 78.9 Å². The highest BCUT2D eigenvalue weighted by Crippen LogP contribution is 2.30. The highest BCUT2D eigenvalue weighted by atomic mass is 32.2. The van der Waals surface area contributed by atoms with Crippen molar-refractivity contribution >= 4 is 38.0 Å². The number of fused-ring (bicyclic) bond motifs is 2.